The van der Waals surface area contributed by atoms with Gasteiger partial charge in [0.1, 0.15) is 0 Å². The molecule has 1 aliphatic rings. The average molecular weight is 201 g/mol. The number of nitrogens with two attached hydrogens (primary N) is 1. The molecule has 0 saturated carbocycles. The third-order valence-corrected chi connectivity index (χ3v) is 3.70. The predicted octanol–water partition coefficient (Wildman–Crippen LogP) is 1.15. The Morgan fingerprint density at radius 3 is 2.50 bits per heavy atom. The van der Waals surface area contributed by atoms with Crippen molar-refractivity contribution in [3.8, 4) is 0 Å². The smallest absolute Gasteiger partial charge is 0.0635 e. The SMILES string of the molecule is CCC(C)(CN)C(O)C1CCOCC1. The van der Waals surface area contributed by atoms with Crippen LogP contribution in [-0.4, -0.2) is 31.0 Å². The van der Waals surface area contributed by atoms with E-state index < -0.39 is 0 Å². The van der Waals surface area contributed by atoms with E-state index in [4.69, 9.17) is 10.5 Å². The lowest BCUT2D eigenvalue weighted by Crippen LogP contribution is -2.44. The largest absolute Gasteiger partial charge is 0.392 e. The van der Waals surface area contributed by atoms with E-state index in [1.807, 2.05) is 0 Å². The molecule has 3 N–H and O–H groups in total. The zero-order chi connectivity index (χ0) is 10.6. The van der Waals surface area contributed by atoms with Gasteiger partial charge in [-0.2, -0.15) is 0 Å². The van der Waals surface area contributed by atoms with E-state index in [1.54, 1.807) is 0 Å². The molecular formula is C11H23NO2. The van der Waals surface area contributed by atoms with Crippen molar-refractivity contribution in [1.82, 2.24) is 0 Å². The van der Waals surface area contributed by atoms with Gasteiger partial charge in [0.15, 0.2) is 0 Å². The normalized spacial score (nSPS) is 25.7. The molecule has 0 aromatic rings. The summed E-state index contributed by atoms with van der Waals surface area (Å²) < 4.78 is 5.29. The standard InChI is InChI=1S/C11H23NO2/c1-3-11(2,8-12)10(13)9-4-6-14-7-5-9/h9-10,13H,3-8,12H2,1-2H3. The number of aliphatic hydroxyl groups is 1. The summed E-state index contributed by atoms with van der Waals surface area (Å²) in [7, 11) is 0. The third-order valence-electron chi connectivity index (χ3n) is 3.70. The van der Waals surface area contributed by atoms with E-state index in [1.165, 1.54) is 0 Å². The van der Waals surface area contributed by atoms with Crippen LogP contribution in [0, 0.1) is 11.3 Å². The number of rotatable bonds is 4. The van der Waals surface area contributed by atoms with Crippen LogP contribution in [0.3, 0.4) is 0 Å². The Hall–Kier alpha value is -0.120. The second kappa shape index (κ2) is 5.10. The number of aliphatic hydroxyl groups excluding tert-OH is 1. The highest BCUT2D eigenvalue weighted by atomic mass is 16.5. The topological polar surface area (TPSA) is 55.5 Å². The van der Waals surface area contributed by atoms with E-state index in [9.17, 15) is 5.11 Å². The van der Waals surface area contributed by atoms with E-state index in [0.717, 1.165) is 32.5 Å². The Morgan fingerprint density at radius 2 is 2.07 bits per heavy atom. The summed E-state index contributed by atoms with van der Waals surface area (Å²) in [4.78, 5) is 0. The summed E-state index contributed by atoms with van der Waals surface area (Å²) in [6, 6.07) is 0. The molecule has 0 spiro atoms. The second-order valence-corrected chi connectivity index (χ2v) is 4.61. The first-order chi connectivity index (χ1) is 6.64. The van der Waals surface area contributed by atoms with E-state index >= 15 is 0 Å². The molecule has 2 unspecified atom stereocenters. The van der Waals surface area contributed by atoms with Gasteiger partial charge in [-0.05, 0) is 25.2 Å². The minimum atomic E-state index is -0.276. The highest BCUT2D eigenvalue weighted by molar-refractivity contribution is 4.87. The van der Waals surface area contributed by atoms with Gasteiger partial charge in [-0.25, -0.2) is 0 Å². The lowest BCUT2D eigenvalue weighted by Gasteiger charge is -2.38. The van der Waals surface area contributed by atoms with Crippen molar-refractivity contribution in [1.29, 1.82) is 0 Å². The average Bonchev–Trinajstić information content (AvgIpc) is 2.28. The van der Waals surface area contributed by atoms with Crippen molar-refractivity contribution in [3.05, 3.63) is 0 Å². The molecule has 0 bridgehead atoms. The third kappa shape index (κ3) is 2.47. The highest BCUT2D eigenvalue weighted by Gasteiger charge is 2.36. The molecule has 3 nitrogen and oxygen atoms in total. The van der Waals surface area contributed by atoms with Gasteiger partial charge in [0.05, 0.1) is 6.10 Å². The Balaban J connectivity index is 2.56. The van der Waals surface area contributed by atoms with Gasteiger partial charge in [0.25, 0.3) is 0 Å². The summed E-state index contributed by atoms with van der Waals surface area (Å²) in [5.74, 6) is 0.372. The van der Waals surface area contributed by atoms with Crippen molar-refractivity contribution < 1.29 is 9.84 Å². The Kier molecular flexibility index (Phi) is 4.35. The molecule has 1 aliphatic heterocycles. The van der Waals surface area contributed by atoms with Gasteiger partial charge in [-0.3, -0.25) is 0 Å². The Labute approximate surface area is 86.6 Å². The zero-order valence-electron chi connectivity index (χ0n) is 9.33. The van der Waals surface area contributed by atoms with Gasteiger partial charge in [-0.1, -0.05) is 13.8 Å². The van der Waals surface area contributed by atoms with Gasteiger partial charge in [0.2, 0.25) is 0 Å². The number of hydrogen-bond acceptors (Lipinski definition) is 3. The van der Waals surface area contributed by atoms with Crippen LogP contribution in [-0.2, 0) is 4.74 Å². The summed E-state index contributed by atoms with van der Waals surface area (Å²) in [5.41, 5.74) is 5.61. The van der Waals surface area contributed by atoms with Crippen LogP contribution in [0.5, 0.6) is 0 Å². The van der Waals surface area contributed by atoms with Crippen LogP contribution >= 0.6 is 0 Å². The highest BCUT2D eigenvalue weighted by Crippen LogP contribution is 2.33. The maximum atomic E-state index is 10.3. The summed E-state index contributed by atoms with van der Waals surface area (Å²) in [6.07, 6.45) is 2.59. The summed E-state index contributed by atoms with van der Waals surface area (Å²) >= 11 is 0. The fourth-order valence-electron chi connectivity index (χ4n) is 2.07. The zero-order valence-corrected chi connectivity index (χ0v) is 9.33. The molecule has 0 aliphatic carbocycles. The molecule has 84 valence electrons. The van der Waals surface area contributed by atoms with E-state index in [2.05, 4.69) is 13.8 Å². The monoisotopic (exact) mass is 201 g/mol. The van der Waals surface area contributed by atoms with Crippen LogP contribution in [0.2, 0.25) is 0 Å². The molecule has 3 heteroatoms. The summed E-state index contributed by atoms with van der Waals surface area (Å²) in [6.45, 7) is 6.29. The van der Waals surface area contributed by atoms with Crippen molar-refractivity contribution >= 4 is 0 Å². The minimum absolute atomic E-state index is 0.123. The number of ether oxygens (including phenoxy) is 1. The van der Waals surface area contributed by atoms with Crippen LogP contribution < -0.4 is 5.73 Å². The molecule has 2 atom stereocenters. The maximum Gasteiger partial charge on any atom is 0.0635 e. The molecule has 0 aromatic carbocycles. The fraction of sp³-hybridized carbons (Fsp3) is 1.00. The molecular weight excluding hydrogens is 178 g/mol. The Bertz CT molecular complexity index is 163. The molecule has 1 heterocycles. The fourth-order valence-corrected chi connectivity index (χ4v) is 2.07. The van der Waals surface area contributed by atoms with Crippen molar-refractivity contribution in [2.24, 2.45) is 17.1 Å². The van der Waals surface area contributed by atoms with Crippen LogP contribution in [0.4, 0.5) is 0 Å². The Morgan fingerprint density at radius 1 is 1.50 bits per heavy atom. The lowest BCUT2D eigenvalue weighted by molar-refractivity contribution is -0.0502. The summed E-state index contributed by atoms with van der Waals surface area (Å²) in [5, 5.41) is 10.3. The number of hydrogen-bond donors (Lipinski definition) is 2. The molecule has 0 radical (unpaired) electrons. The molecule has 0 aromatic heterocycles. The first-order valence-corrected chi connectivity index (χ1v) is 5.60. The molecule has 1 rings (SSSR count). The predicted molar refractivity (Wildman–Crippen MR) is 57.0 cm³/mol. The van der Waals surface area contributed by atoms with Crippen molar-refractivity contribution in [3.63, 3.8) is 0 Å². The molecule has 1 fully saturated rings. The van der Waals surface area contributed by atoms with Crippen molar-refractivity contribution in [2.75, 3.05) is 19.8 Å². The van der Waals surface area contributed by atoms with Gasteiger partial charge in [-0.15, -0.1) is 0 Å². The van der Waals surface area contributed by atoms with E-state index in [-0.39, 0.29) is 11.5 Å². The first kappa shape index (κ1) is 12.0. The van der Waals surface area contributed by atoms with Gasteiger partial charge >= 0.3 is 0 Å². The molecule has 1 saturated heterocycles. The minimum Gasteiger partial charge on any atom is -0.392 e. The maximum absolute atomic E-state index is 10.3. The van der Waals surface area contributed by atoms with Crippen LogP contribution in [0.15, 0.2) is 0 Å². The van der Waals surface area contributed by atoms with E-state index in [0.29, 0.717) is 12.5 Å². The van der Waals surface area contributed by atoms with Crippen LogP contribution in [0.25, 0.3) is 0 Å². The molecule has 14 heavy (non-hydrogen) atoms. The van der Waals surface area contributed by atoms with Crippen LogP contribution in [0.1, 0.15) is 33.1 Å². The van der Waals surface area contributed by atoms with Gasteiger partial charge < -0.3 is 15.6 Å². The lowest BCUT2D eigenvalue weighted by atomic mass is 9.74. The second-order valence-electron chi connectivity index (χ2n) is 4.61. The molecule has 0 amide bonds. The van der Waals surface area contributed by atoms with Crippen molar-refractivity contribution in [2.45, 2.75) is 39.2 Å². The van der Waals surface area contributed by atoms with Gasteiger partial charge in [0, 0.05) is 25.2 Å². The quantitative estimate of drug-likeness (QED) is 0.717. The first-order valence-electron chi connectivity index (χ1n) is 5.60.